The number of aromatic nitrogens is 1. The van der Waals surface area contributed by atoms with Crippen molar-refractivity contribution in [2.45, 2.75) is 4.90 Å². The minimum atomic E-state index is -3.68. The number of methoxy groups -OCH3 is 1. The molecule has 0 atom stereocenters. The average Bonchev–Trinajstić information content (AvgIpc) is 2.39. The van der Waals surface area contributed by atoms with Gasteiger partial charge in [-0.25, -0.2) is 8.42 Å². The first kappa shape index (κ1) is 13.8. The number of sulfonamides is 1. The first-order valence-electron chi connectivity index (χ1n) is 5.29. The van der Waals surface area contributed by atoms with Crippen LogP contribution in [0.4, 0.5) is 5.69 Å². The lowest BCUT2D eigenvalue weighted by Crippen LogP contribution is -2.13. The van der Waals surface area contributed by atoms with Gasteiger partial charge in [0.1, 0.15) is 10.6 Å². The fraction of sp³-hybridized carbons (Fsp3) is 0.0833. The highest BCUT2D eigenvalue weighted by molar-refractivity contribution is 9.10. The molecule has 0 saturated heterocycles. The largest absolute Gasteiger partial charge is 0.495 e. The van der Waals surface area contributed by atoms with Crippen LogP contribution >= 0.6 is 15.9 Å². The Morgan fingerprint density at radius 2 is 2.11 bits per heavy atom. The van der Waals surface area contributed by atoms with E-state index in [0.717, 1.165) is 4.47 Å². The van der Waals surface area contributed by atoms with Gasteiger partial charge in [-0.2, -0.15) is 0 Å². The number of benzene rings is 1. The second kappa shape index (κ2) is 5.58. The molecular formula is C12H11BrN2O3S. The molecule has 0 spiro atoms. The van der Waals surface area contributed by atoms with Crippen molar-refractivity contribution in [1.82, 2.24) is 4.98 Å². The Balaban J connectivity index is 2.38. The van der Waals surface area contributed by atoms with Crippen LogP contribution in [0.5, 0.6) is 5.75 Å². The van der Waals surface area contributed by atoms with Gasteiger partial charge in [0.25, 0.3) is 10.0 Å². The molecule has 0 aliphatic heterocycles. The summed E-state index contributed by atoms with van der Waals surface area (Å²) in [5, 5.41) is 0. The molecule has 0 aliphatic rings. The number of hydrogen-bond acceptors (Lipinski definition) is 4. The predicted octanol–water partition coefficient (Wildman–Crippen LogP) is 2.65. The Bertz CT molecular complexity index is 675. The van der Waals surface area contributed by atoms with Crippen LogP contribution in [0.1, 0.15) is 0 Å². The van der Waals surface area contributed by atoms with Crippen molar-refractivity contribution in [3.05, 3.63) is 47.2 Å². The molecule has 19 heavy (non-hydrogen) atoms. The second-order valence-electron chi connectivity index (χ2n) is 3.64. The van der Waals surface area contributed by atoms with Gasteiger partial charge >= 0.3 is 0 Å². The topological polar surface area (TPSA) is 68.3 Å². The standard InChI is InChI=1S/C12H11BrN2O3S/c1-18-12-5-4-9(13)7-11(12)15-19(16,17)10-3-2-6-14-8-10/h2-8,15H,1H3. The highest BCUT2D eigenvalue weighted by Gasteiger charge is 2.16. The first-order chi connectivity index (χ1) is 9.03. The van der Waals surface area contributed by atoms with E-state index in [-0.39, 0.29) is 4.90 Å². The molecule has 0 fully saturated rings. The second-order valence-corrected chi connectivity index (χ2v) is 6.24. The van der Waals surface area contributed by atoms with Crippen molar-refractivity contribution < 1.29 is 13.2 Å². The molecule has 1 aromatic carbocycles. The van der Waals surface area contributed by atoms with Crippen molar-refractivity contribution in [3.8, 4) is 5.75 Å². The third-order valence-corrected chi connectivity index (χ3v) is 4.19. The van der Waals surface area contributed by atoms with Crippen molar-refractivity contribution in [3.63, 3.8) is 0 Å². The van der Waals surface area contributed by atoms with Crippen LogP contribution in [0.2, 0.25) is 0 Å². The molecule has 5 nitrogen and oxygen atoms in total. The van der Waals surface area contributed by atoms with Crippen LogP contribution in [-0.2, 0) is 10.0 Å². The fourth-order valence-corrected chi connectivity index (χ4v) is 2.86. The predicted molar refractivity (Wildman–Crippen MR) is 75.7 cm³/mol. The van der Waals surface area contributed by atoms with Crippen LogP contribution in [0.15, 0.2) is 52.1 Å². The number of halogens is 1. The van der Waals surface area contributed by atoms with Gasteiger partial charge in [-0.3, -0.25) is 9.71 Å². The summed E-state index contributed by atoms with van der Waals surface area (Å²) in [7, 11) is -2.20. The quantitative estimate of drug-likeness (QED) is 0.927. The Kier molecular flexibility index (Phi) is 4.06. The molecule has 7 heteroatoms. The summed E-state index contributed by atoms with van der Waals surface area (Å²) in [6.07, 6.45) is 2.80. The first-order valence-corrected chi connectivity index (χ1v) is 7.57. The van der Waals surface area contributed by atoms with E-state index in [9.17, 15) is 8.42 Å². The van der Waals surface area contributed by atoms with Crippen molar-refractivity contribution in [1.29, 1.82) is 0 Å². The van der Waals surface area contributed by atoms with Gasteiger partial charge in [0.15, 0.2) is 0 Å². The number of anilines is 1. The van der Waals surface area contributed by atoms with E-state index in [1.165, 1.54) is 25.6 Å². The van der Waals surface area contributed by atoms with E-state index in [1.807, 2.05) is 0 Å². The summed E-state index contributed by atoms with van der Waals surface area (Å²) in [6.45, 7) is 0. The molecule has 100 valence electrons. The molecule has 0 bridgehead atoms. The van der Waals surface area contributed by atoms with E-state index in [0.29, 0.717) is 11.4 Å². The van der Waals surface area contributed by atoms with E-state index in [2.05, 4.69) is 25.6 Å². The van der Waals surface area contributed by atoms with Gasteiger partial charge in [0, 0.05) is 16.9 Å². The van der Waals surface area contributed by atoms with Crippen LogP contribution in [0, 0.1) is 0 Å². The number of pyridine rings is 1. The zero-order valence-corrected chi connectivity index (χ0v) is 12.4. The molecule has 2 rings (SSSR count). The van der Waals surface area contributed by atoms with Gasteiger partial charge in [-0.05, 0) is 30.3 Å². The monoisotopic (exact) mass is 342 g/mol. The van der Waals surface area contributed by atoms with Crippen molar-refractivity contribution >= 4 is 31.6 Å². The third kappa shape index (κ3) is 3.24. The van der Waals surface area contributed by atoms with Gasteiger partial charge in [-0.1, -0.05) is 15.9 Å². The van der Waals surface area contributed by atoms with Gasteiger partial charge in [0.2, 0.25) is 0 Å². The molecular weight excluding hydrogens is 332 g/mol. The maximum Gasteiger partial charge on any atom is 0.263 e. The molecule has 1 N–H and O–H groups in total. The molecule has 1 aromatic heterocycles. The smallest absolute Gasteiger partial charge is 0.263 e. The summed E-state index contributed by atoms with van der Waals surface area (Å²) in [5.74, 6) is 0.440. The number of nitrogens with one attached hydrogen (secondary N) is 1. The summed E-state index contributed by atoms with van der Waals surface area (Å²) in [4.78, 5) is 3.89. The Hall–Kier alpha value is -1.60. The number of rotatable bonds is 4. The van der Waals surface area contributed by atoms with E-state index in [4.69, 9.17) is 4.74 Å². The number of ether oxygens (including phenoxy) is 1. The molecule has 0 amide bonds. The zero-order chi connectivity index (χ0) is 13.9. The van der Waals surface area contributed by atoms with E-state index >= 15 is 0 Å². The van der Waals surface area contributed by atoms with E-state index in [1.54, 1.807) is 24.3 Å². The van der Waals surface area contributed by atoms with Gasteiger partial charge < -0.3 is 4.74 Å². The van der Waals surface area contributed by atoms with Crippen LogP contribution in [-0.4, -0.2) is 20.5 Å². The van der Waals surface area contributed by atoms with Crippen molar-refractivity contribution in [2.75, 3.05) is 11.8 Å². The summed E-state index contributed by atoms with van der Waals surface area (Å²) >= 11 is 3.29. The van der Waals surface area contributed by atoms with Gasteiger partial charge in [-0.15, -0.1) is 0 Å². The average molecular weight is 343 g/mol. The normalized spacial score (nSPS) is 11.1. The number of hydrogen-bond donors (Lipinski definition) is 1. The molecule has 0 aliphatic carbocycles. The number of nitrogens with zero attached hydrogens (tertiary/aromatic N) is 1. The maximum atomic E-state index is 12.2. The lowest BCUT2D eigenvalue weighted by molar-refractivity contribution is 0.417. The molecule has 1 heterocycles. The van der Waals surface area contributed by atoms with Crippen LogP contribution < -0.4 is 9.46 Å². The molecule has 2 aromatic rings. The summed E-state index contributed by atoms with van der Waals surface area (Å²) < 4.78 is 32.7. The Morgan fingerprint density at radius 1 is 1.32 bits per heavy atom. The Morgan fingerprint density at radius 3 is 2.74 bits per heavy atom. The highest BCUT2D eigenvalue weighted by Crippen LogP contribution is 2.29. The third-order valence-electron chi connectivity index (χ3n) is 2.35. The minimum absolute atomic E-state index is 0.0945. The summed E-state index contributed by atoms with van der Waals surface area (Å²) in [6, 6.07) is 8.10. The van der Waals surface area contributed by atoms with Crippen LogP contribution in [0.3, 0.4) is 0 Å². The maximum absolute atomic E-state index is 12.2. The summed E-state index contributed by atoms with van der Waals surface area (Å²) in [5.41, 5.74) is 0.362. The molecule has 0 radical (unpaired) electrons. The Labute approximate surface area is 119 Å². The molecule has 0 saturated carbocycles. The highest BCUT2D eigenvalue weighted by atomic mass is 79.9. The lowest BCUT2D eigenvalue weighted by atomic mass is 10.3. The van der Waals surface area contributed by atoms with Gasteiger partial charge in [0.05, 0.1) is 12.8 Å². The fourth-order valence-electron chi connectivity index (χ4n) is 1.47. The van der Waals surface area contributed by atoms with E-state index < -0.39 is 10.0 Å². The SMILES string of the molecule is COc1ccc(Br)cc1NS(=O)(=O)c1cccnc1. The lowest BCUT2D eigenvalue weighted by Gasteiger charge is -2.11. The van der Waals surface area contributed by atoms with Crippen molar-refractivity contribution in [2.24, 2.45) is 0 Å². The van der Waals surface area contributed by atoms with Crippen LogP contribution in [0.25, 0.3) is 0 Å². The molecule has 0 unspecified atom stereocenters. The minimum Gasteiger partial charge on any atom is -0.495 e. The zero-order valence-electron chi connectivity index (χ0n) is 10.00.